The standard InChI is InChI=1S/C27H25F2N3O5.C26H24F2N4O5.C23H21F2N3O3.3CH4/c1-17(33)30-22-15-11-20(12-16-22)8-6-5-7-19-9-13-21(14-10-19)24(35)31-23(25(36)37-4)27(3,26(28)29)32-18(2)34;1-16(33)29-21-14-10-19(11-15-21)7-5-4-6-18-8-12-20(13-9-18)23(35)30-22(24(36)32-37)26(3,25(27)28)31-17(2)34;1-23(27,22(24)25)19(21(30)31-2)28-20(29)17-11-7-15(8-12-17)5-3-4-6-16-9-13-18(26)14-10-16;;;/h9-16,23,26H,1-4H3,(H,30,33)(H,31,35)(H,32,34);8-15,22,25,37H,1-3H3,(H,29,33)(H,30,35)(H,31,34)(H,32,36);7-14,19,22H,26-27H2,1-2H3,(H,28,29);3*1H4/t23-,27+;22-,26+;19-,23+;;;/m111.../s1. The number of ether oxygens (including phenoxy) is 2. The van der Waals surface area contributed by atoms with Crippen molar-refractivity contribution in [1.82, 2.24) is 32.1 Å². The van der Waals surface area contributed by atoms with Crippen molar-refractivity contribution in [2.75, 3.05) is 30.6 Å². The number of alkyl halides is 6. The Kier molecular flexibility index (Phi) is 38.1. The van der Waals surface area contributed by atoms with E-state index in [0.29, 0.717) is 44.9 Å². The third-order valence-electron chi connectivity index (χ3n) is 14.4. The van der Waals surface area contributed by atoms with Crippen LogP contribution in [0.2, 0.25) is 0 Å². The molecule has 13 N–H and O–H groups in total. The number of nitrogens with one attached hydrogen (secondary N) is 8. The zero-order valence-corrected chi connectivity index (χ0v) is 57.6. The molecule has 108 heavy (non-hydrogen) atoms. The first-order chi connectivity index (χ1) is 49.6. The minimum atomic E-state index is -3.26. The Morgan fingerprint density at radius 2 is 0.639 bits per heavy atom. The molecular formula is C79H82F6N10O13. The number of anilines is 3. The van der Waals surface area contributed by atoms with E-state index in [1.54, 1.807) is 84.9 Å². The van der Waals surface area contributed by atoms with Gasteiger partial charge in [0.2, 0.25) is 23.6 Å². The summed E-state index contributed by atoms with van der Waals surface area (Å²) in [7, 11) is 2.00. The van der Waals surface area contributed by atoms with Gasteiger partial charge < -0.3 is 58.2 Å². The predicted molar refractivity (Wildman–Crippen MR) is 396 cm³/mol. The fourth-order valence-corrected chi connectivity index (χ4v) is 8.73. The molecule has 568 valence electrons. The molecule has 0 unspecified atom stereocenters. The number of carbonyl (C=O) groups is 10. The second kappa shape index (κ2) is 44.4. The number of methoxy groups -OCH3 is 2. The zero-order chi connectivity index (χ0) is 78.2. The average molecular weight is 1490 g/mol. The van der Waals surface area contributed by atoms with Gasteiger partial charge in [-0.05, 0) is 202 Å². The number of carbonyl (C=O) groups excluding carboxylic acids is 10. The zero-order valence-electron chi connectivity index (χ0n) is 57.6. The highest BCUT2D eigenvalue weighted by molar-refractivity contribution is 6.00. The molecule has 6 aromatic carbocycles. The number of hydroxylamine groups is 1. The number of benzene rings is 6. The normalized spacial score (nSPS) is 12.2. The van der Waals surface area contributed by atoms with Crippen molar-refractivity contribution in [2.45, 2.75) is 125 Å². The maximum Gasteiger partial charge on any atom is 0.331 e. The number of esters is 2. The Morgan fingerprint density at radius 3 is 0.889 bits per heavy atom. The molecule has 6 rings (SSSR count). The Hall–Kier alpha value is -13.3. The maximum atomic E-state index is 13.8. The van der Waals surface area contributed by atoms with Crippen LogP contribution in [0, 0.1) is 71.0 Å². The van der Waals surface area contributed by atoms with E-state index in [-0.39, 0.29) is 50.8 Å². The summed E-state index contributed by atoms with van der Waals surface area (Å²) >= 11 is 0. The van der Waals surface area contributed by atoms with Crippen molar-refractivity contribution in [3.63, 3.8) is 0 Å². The van der Waals surface area contributed by atoms with Crippen LogP contribution in [0.15, 0.2) is 146 Å². The Balaban J connectivity index is 0.000000802. The van der Waals surface area contributed by atoms with Crippen molar-refractivity contribution in [3.8, 4) is 71.0 Å². The van der Waals surface area contributed by atoms with Gasteiger partial charge in [0.15, 0.2) is 12.1 Å². The summed E-state index contributed by atoms with van der Waals surface area (Å²) in [6.07, 6.45) is -9.51. The molecule has 0 aliphatic carbocycles. The van der Waals surface area contributed by atoms with Gasteiger partial charge in [0.1, 0.15) is 22.7 Å². The molecule has 0 bridgehead atoms. The van der Waals surface area contributed by atoms with Gasteiger partial charge in [-0.1, -0.05) is 57.8 Å². The highest BCUT2D eigenvalue weighted by atomic mass is 19.3. The van der Waals surface area contributed by atoms with Crippen LogP contribution in [0.25, 0.3) is 0 Å². The first-order valence-corrected chi connectivity index (χ1v) is 30.8. The molecular weight excluding hydrogens is 1410 g/mol. The average Bonchev–Trinajstić information content (AvgIpc) is 0.772. The SMILES string of the molecule is C.C.C.CC(=O)Nc1ccc(C#CC#Cc2ccc(C(=O)N[C@H](C(=O)NO)[C@](C)(NC(C)=O)C(F)F)cc2)cc1.COC(=O)[C@@H](NC(=O)c1ccc(C#CC#Cc2ccc(N)cc2)cc1)[C@](C)(N)C(F)F.COC(=O)[C@@H](NC(=O)c1ccc(C#CC#Cc2ccc(NC(C)=O)cc2)cc1)[C@](C)(NC(C)=O)C(F)F. The van der Waals surface area contributed by atoms with Crippen LogP contribution in [0.1, 0.15) is 135 Å². The van der Waals surface area contributed by atoms with E-state index in [1.807, 2.05) is 10.6 Å². The molecule has 0 heterocycles. The number of nitrogens with two attached hydrogens (primary N) is 2. The monoisotopic (exact) mass is 1490 g/mol. The molecule has 6 aromatic rings. The second-order valence-electron chi connectivity index (χ2n) is 22.8. The summed E-state index contributed by atoms with van der Waals surface area (Å²) in [5.74, 6) is 25.1. The third-order valence-corrected chi connectivity index (χ3v) is 14.4. The van der Waals surface area contributed by atoms with Crippen LogP contribution in [-0.2, 0) is 43.0 Å². The fraction of sp³-hybridized carbons (Fsp3) is 0.266. The maximum absolute atomic E-state index is 13.8. The fourth-order valence-electron chi connectivity index (χ4n) is 8.73. The van der Waals surface area contributed by atoms with E-state index >= 15 is 0 Å². The minimum Gasteiger partial charge on any atom is -0.467 e. The summed E-state index contributed by atoms with van der Waals surface area (Å²) in [6.45, 7) is 7.59. The lowest BCUT2D eigenvalue weighted by atomic mass is 9.91. The first kappa shape index (κ1) is 92.7. The summed E-state index contributed by atoms with van der Waals surface area (Å²) in [4.78, 5) is 119. The molecule has 0 fully saturated rings. The van der Waals surface area contributed by atoms with E-state index in [9.17, 15) is 74.3 Å². The number of amides is 8. The molecule has 0 saturated carbocycles. The van der Waals surface area contributed by atoms with E-state index in [1.165, 1.54) is 80.0 Å². The molecule has 23 nitrogen and oxygen atoms in total. The van der Waals surface area contributed by atoms with Gasteiger partial charge in [-0.25, -0.2) is 41.4 Å². The van der Waals surface area contributed by atoms with Gasteiger partial charge in [0.25, 0.3) is 42.9 Å². The van der Waals surface area contributed by atoms with Crippen molar-refractivity contribution in [1.29, 1.82) is 0 Å². The molecule has 29 heteroatoms. The van der Waals surface area contributed by atoms with E-state index in [0.717, 1.165) is 54.4 Å². The number of rotatable bonds is 19. The molecule has 0 aromatic heterocycles. The minimum absolute atomic E-state index is 0. The van der Waals surface area contributed by atoms with E-state index < -0.39 is 101 Å². The molecule has 0 radical (unpaired) electrons. The molecule has 0 saturated heterocycles. The van der Waals surface area contributed by atoms with Crippen molar-refractivity contribution < 1.29 is 89.0 Å². The molecule has 8 amide bonds. The number of hydrogen-bond acceptors (Lipinski definition) is 15. The Morgan fingerprint density at radius 1 is 0.389 bits per heavy atom. The third kappa shape index (κ3) is 29.1. The van der Waals surface area contributed by atoms with E-state index in [4.69, 9.17) is 16.7 Å². The largest absolute Gasteiger partial charge is 0.467 e. The Bertz CT molecular complexity index is 4350. The first-order valence-electron chi connectivity index (χ1n) is 30.8. The van der Waals surface area contributed by atoms with Crippen molar-refractivity contribution >= 4 is 76.3 Å². The lowest BCUT2D eigenvalue weighted by Gasteiger charge is -2.36. The van der Waals surface area contributed by atoms with Crippen molar-refractivity contribution in [2.24, 2.45) is 5.73 Å². The number of halogens is 6. The number of hydrogen-bond donors (Lipinski definition) is 11. The summed E-state index contributed by atoms with van der Waals surface area (Å²) < 4.78 is 90.6. The lowest BCUT2D eigenvalue weighted by molar-refractivity contribution is -0.149. The van der Waals surface area contributed by atoms with Crippen LogP contribution in [0.3, 0.4) is 0 Å². The van der Waals surface area contributed by atoms with Crippen molar-refractivity contribution in [3.05, 3.63) is 196 Å². The summed E-state index contributed by atoms with van der Waals surface area (Å²) in [5, 5.41) is 24.8. The van der Waals surface area contributed by atoms with Crippen LogP contribution in [-0.4, -0.2) is 133 Å². The van der Waals surface area contributed by atoms with Crippen LogP contribution >= 0.6 is 0 Å². The smallest absolute Gasteiger partial charge is 0.331 e. The van der Waals surface area contributed by atoms with Crippen LogP contribution in [0.5, 0.6) is 0 Å². The molecule has 0 aliphatic heterocycles. The number of nitrogen functional groups attached to an aromatic ring is 1. The van der Waals surface area contributed by atoms with Gasteiger partial charge in [-0.15, -0.1) is 0 Å². The quantitative estimate of drug-likeness (QED) is 0.00910. The summed E-state index contributed by atoms with van der Waals surface area (Å²) in [6, 6.07) is 32.8. The topological polar surface area (TPSA) is 358 Å². The molecule has 0 aliphatic rings. The van der Waals surface area contributed by atoms with Gasteiger partial charge >= 0.3 is 11.9 Å². The molecule has 6 atom stereocenters. The Labute approximate surface area is 622 Å². The van der Waals surface area contributed by atoms with Gasteiger partial charge in [0, 0.05) is 94.8 Å². The highest BCUT2D eigenvalue weighted by Crippen LogP contribution is 2.24. The van der Waals surface area contributed by atoms with Crippen LogP contribution < -0.4 is 54.2 Å². The highest BCUT2D eigenvalue weighted by Gasteiger charge is 2.50. The molecule has 0 spiro atoms. The van der Waals surface area contributed by atoms with E-state index in [2.05, 4.69) is 107 Å². The van der Waals surface area contributed by atoms with Gasteiger partial charge in [-0.2, -0.15) is 0 Å². The van der Waals surface area contributed by atoms with Crippen LogP contribution in [0.4, 0.5) is 43.4 Å². The lowest BCUT2D eigenvalue weighted by Crippen LogP contribution is -2.68. The van der Waals surface area contributed by atoms with Gasteiger partial charge in [-0.3, -0.25) is 43.6 Å². The summed E-state index contributed by atoms with van der Waals surface area (Å²) in [5.41, 5.74) is 11.1. The van der Waals surface area contributed by atoms with Gasteiger partial charge in [0.05, 0.1) is 14.2 Å². The second-order valence-corrected chi connectivity index (χ2v) is 22.8. The predicted octanol–water partition coefficient (Wildman–Crippen LogP) is 8.13.